The van der Waals surface area contributed by atoms with Crippen LogP contribution in [0.15, 0.2) is 18.2 Å². The maximum Gasteiger partial charge on any atom is 0.303 e. The molecule has 1 aromatic carbocycles. The number of hydrogen-bond acceptors (Lipinski definition) is 2. The van der Waals surface area contributed by atoms with Gasteiger partial charge in [0.25, 0.3) is 5.91 Å². The van der Waals surface area contributed by atoms with Crippen LogP contribution in [0.3, 0.4) is 0 Å². The van der Waals surface area contributed by atoms with E-state index in [0.29, 0.717) is 12.0 Å². The van der Waals surface area contributed by atoms with E-state index in [4.69, 9.17) is 5.11 Å². The Hall–Kier alpha value is -1.91. The van der Waals surface area contributed by atoms with E-state index in [1.54, 1.807) is 13.8 Å². The number of hydrogen-bond donors (Lipinski definition) is 2. The van der Waals surface area contributed by atoms with Gasteiger partial charge in [-0.25, -0.2) is 4.39 Å². The Morgan fingerprint density at radius 2 is 2.11 bits per heavy atom. The molecular formula is C13H16FNO3. The number of carboxylic acids is 1. The van der Waals surface area contributed by atoms with Crippen molar-refractivity contribution in [2.75, 3.05) is 0 Å². The van der Waals surface area contributed by atoms with Crippen LogP contribution < -0.4 is 5.32 Å². The molecule has 2 N–H and O–H groups in total. The molecule has 0 aliphatic heterocycles. The van der Waals surface area contributed by atoms with Crippen LogP contribution in [0.5, 0.6) is 0 Å². The quantitative estimate of drug-likeness (QED) is 0.844. The largest absolute Gasteiger partial charge is 0.481 e. The van der Waals surface area contributed by atoms with Gasteiger partial charge in [0, 0.05) is 18.0 Å². The fraction of sp³-hybridized carbons (Fsp3) is 0.385. The standard InChI is InChI=1S/C13H16FNO3/c1-8-3-5-10(14)7-11(8)13(18)15-9(2)4-6-12(16)17/h3,5,7,9H,4,6H2,1-2H3,(H,15,18)(H,16,17). The molecule has 1 atom stereocenters. The van der Waals surface area contributed by atoms with Crippen LogP contribution >= 0.6 is 0 Å². The first-order valence-corrected chi connectivity index (χ1v) is 5.69. The summed E-state index contributed by atoms with van der Waals surface area (Å²) in [7, 11) is 0. The van der Waals surface area contributed by atoms with Crippen molar-refractivity contribution in [3.05, 3.63) is 35.1 Å². The number of carboxylic acid groups (broad SMARTS) is 1. The normalized spacial score (nSPS) is 11.9. The molecule has 1 amide bonds. The monoisotopic (exact) mass is 253 g/mol. The predicted molar refractivity (Wildman–Crippen MR) is 64.9 cm³/mol. The summed E-state index contributed by atoms with van der Waals surface area (Å²) < 4.78 is 13.0. The zero-order valence-electron chi connectivity index (χ0n) is 10.4. The zero-order valence-corrected chi connectivity index (χ0v) is 10.4. The Bertz CT molecular complexity index is 460. The second kappa shape index (κ2) is 6.14. The van der Waals surface area contributed by atoms with Crippen molar-refractivity contribution in [1.82, 2.24) is 5.32 Å². The number of aryl methyl sites for hydroxylation is 1. The number of aliphatic carboxylic acids is 1. The van der Waals surface area contributed by atoms with Crippen LogP contribution in [0.1, 0.15) is 35.7 Å². The average Bonchev–Trinajstić information content (AvgIpc) is 2.29. The number of amides is 1. The highest BCUT2D eigenvalue weighted by atomic mass is 19.1. The van der Waals surface area contributed by atoms with Gasteiger partial charge in [-0.3, -0.25) is 9.59 Å². The highest BCUT2D eigenvalue weighted by Gasteiger charge is 2.13. The van der Waals surface area contributed by atoms with E-state index in [2.05, 4.69) is 5.32 Å². The van der Waals surface area contributed by atoms with Crippen molar-refractivity contribution in [1.29, 1.82) is 0 Å². The number of halogens is 1. The highest BCUT2D eigenvalue weighted by Crippen LogP contribution is 2.10. The second-order valence-electron chi connectivity index (χ2n) is 4.27. The Morgan fingerprint density at radius 1 is 1.44 bits per heavy atom. The van der Waals surface area contributed by atoms with Crippen LogP contribution in [0.2, 0.25) is 0 Å². The molecule has 0 heterocycles. The van der Waals surface area contributed by atoms with Crippen LogP contribution in [-0.4, -0.2) is 23.0 Å². The Balaban J connectivity index is 2.64. The minimum Gasteiger partial charge on any atom is -0.481 e. The zero-order chi connectivity index (χ0) is 13.7. The van der Waals surface area contributed by atoms with Gasteiger partial charge in [-0.1, -0.05) is 6.07 Å². The SMILES string of the molecule is Cc1ccc(F)cc1C(=O)NC(C)CCC(=O)O. The molecule has 1 aromatic rings. The van der Waals surface area contributed by atoms with Gasteiger partial charge in [-0.15, -0.1) is 0 Å². The molecule has 0 aliphatic rings. The van der Waals surface area contributed by atoms with E-state index in [1.165, 1.54) is 18.2 Å². The molecule has 0 bridgehead atoms. The third-order valence-corrected chi connectivity index (χ3v) is 2.61. The topological polar surface area (TPSA) is 66.4 Å². The molecule has 1 unspecified atom stereocenters. The van der Waals surface area contributed by atoms with Crippen LogP contribution in [0, 0.1) is 12.7 Å². The van der Waals surface area contributed by atoms with Crippen molar-refractivity contribution >= 4 is 11.9 Å². The summed E-state index contributed by atoms with van der Waals surface area (Å²) in [5, 5.41) is 11.2. The summed E-state index contributed by atoms with van der Waals surface area (Å²) in [5.41, 5.74) is 0.955. The number of rotatable bonds is 5. The van der Waals surface area contributed by atoms with E-state index < -0.39 is 11.8 Å². The summed E-state index contributed by atoms with van der Waals surface area (Å²) in [6, 6.07) is 3.73. The Kier molecular flexibility index (Phi) is 4.83. The molecule has 0 fully saturated rings. The Labute approximate surface area is 105 Å². The first-order chi connectivity index (χ1) is 8.40. The van der Waals surface area contributed by atoms with Crippen molar-refractivity contribution < 1.29 is 19.1 Å². The fourth-order valence-corrected chi connectivity index (χ4v) is 1.55. The van der Waals surface area contributed by atoms with E-state index in [-0.39, 0.29) is 23.9 Å². The van der Waals surface area contributed by atoms with Crippen LogP contribution in [0.25, 0.3) is 0 Å². The molecule has 0 aliphatic carbocycles. The summed E-state index contributed by atoms with van der Waals surface area (Å²) in [5.74, 6) is -1.76. The van der Waals surface area contributed by atoms with Gasteiger partial charge in [-0.05, 0) is 38.0 Å². The summed E-state index contributed by atoms with van der Waals surface area (Å²) >= 11 is 0. The van der Waals surface area contributed by atoms with Crippen molar-refractivity contribution in [3.8, 4) is 0 Å². The van der Waals surface area contributed by atoms with Crippen LogP contribution in [0.4, 0.5) is 4.39 Å². The smallest absolute Gasteiger partial charge is 0.303 e. The van der Waals surface area contributed by atoms with E-state index >= 15 is 0 Å². The molecule has 0 radical (unpaired) electrons. The molecule has 0 saturated heterocycles. The maximum absolute atomic E-state index is 13.0. The third kappa shape index (κ3) is 4.16. The summed E-state index contributed by atoms with van der Waals surface area (Å²) in [6.07, 6.45) is 0.332. The molecule has 0 spiro atoms. The lowest BCUT2D eigenvalue weighted by molar-refractivity contribution is -0.137. The van der Waals surface area contributed by atoms with Gasteiger partial charge in [0.05, 0.1) is 0 Å². The second-order valence-corrected chi connectivity index (χ2v) is 4.27. The summed E-state index contributed by atoms with van der Waals surface area (Å²) in [6.45, 7) is 3.44. The van der Waals surface area contributed by atoms with Gasteiger partial charge >= 0.3 is 5.97 Å². The van der Waals surface area contributed by atoms with Gasteiger partial charge in [0.1, 0.15) is 5.82 Å². The number of carbonyl (C=O) groups excluding carboxylic acids is 1. The van der Waals surface area contributed by atoms with Gasteiger partial charge in [-0.2, -0.15) is 0 Å². The Morgan fingerprint density at radius 3 is 2.72 bits per heavy atom. The molecule has 98 valence electrons. The molecule has 5 heteroatoms. The minimum absolute atomic E-state index is 0.0103. The van der Waals surface area contributed by atoms with Gasteiger partial charge in [0.2, 0.25) is 0 Å². The lowest BCUT2D eigenvalue weighted by atomic mass is 10.1. The van der Waals surface area contributed by atoms with Crippen LogP contribution in [-0.2, 0) is 4.79 Å². The van der Waals surface area contributed by atoms with Gasteiger partial charge < -0.3 is 10.4 Å². The molecule has 4 nitrogen and oxygen atoms in total. The van der Waals surface area contributed by atoms with E-state index in [1.807, 2.05) is 0 Å². The van der Waals surface area contributed by atoms with E-state index in [9.17, 15) is 14.0 Å². The van der Waals surface area contributed by atoms with Gasteiger partial charge in [0.15, 0.2) is 0 Å². The molecule has 0 saturated carbocycles. The number of carbonyl (C=O) groups is 2. The van der Waals surface area contributed by atoms with Crippen molar-refractivity contribution in [2.24, 2.45) is 0 Å². The van der Waals surface area contributed by atoms with Crippen molar-refractivity contribution in [3.63, 3.8) is 0 Å². The molecule has 1 rings (SSSR count). The average molecular weight is 253 g/mol. The molecule has 0 aromatic heterocycles. The van der Waals surface area contributed by atoms with Crippen molar-refractivity contribution in [2.45, 2.75) is 32.7 Å². The summed E-state index contributed by atoms with van der Waals surface area (Å²) in [4.78, 5) is 22.2. The number of benzene rings is 1. The minimum atomic E-state index is -0.905. The fourth-order valence-electron chi connectivity index (χ4n) is 1.55. The number of nitrogens with one attached hydrogen (secondary N) is 1. The lowest BCUT2D eigenvalue weighted by Crippen LogP contribution is -2.33. The third-order valence-electron chi connectivity index (χ3n) is 2.61. The predicted octanol–water partition coefficient (Wildman–Crippen LogP) is 2.12. The highest BCUT2D eigenvalue weighted by molar-refractivity contribution is 5.95. The molecular weight excluding hydrogens is 237 g/mol. The first kappa shape index (κ1) is 14.2. The molecule has 18 heavy (non-hydrogen) atoms. The maximum atomic E-state index is 13.0. The first-order valence-electron chi connectivity index (χ1n) is 5.69. The van der Waals surface area contributed by atoms with E-state index in [0.717, 1.165) is 0 Å². The lowest BCUT2D eigenvalue weighted by Gasteiger charge is -2.14.